The Morgan fingerprint density at radius 2 is 1.00 bits per heavy atom. The van der Waals surface area contributed by atoms with E-state index in [0.717, 1.165) is 12.8 Å². The topological polar surface area (TPSA) is 158 Å². The molecule has 0 radical (unpaired) electrons. The molecule has 5 N–H and O–H groups in total. The summed E-state index contributed by atoms with van der Waals surface area (Å²) < 4.78 is 11.2. The van der Waals surface area contributed by atoms with Crippen molar-refractivity contribution in [2.75, 3.05) is 13.2 Å². The van der Waals surface area contributed by atoms with Crippen LogP contribution < -0.4 is 14.9 Å². The van der Waals surface area contributed by atoms with Crippen LogP contribution in [0.5, 0.6) is 28.7 Å². The van der Waals surface area contributed by atoms with Gasteiger partial charge in [0.25, 0.3) is 0 Å². The van der Waals surface area contributed by atoms with Crippen LogP contribution in [0.25, 0.3) is 34.2 Å². The van der Waals surface area contributed by atoms with Crippen LogP contribution in [0.15, 0.2) is 54.6 Å². The molecule has 3 aromatic carbocycles. The molecular weight excluding hydrogens is 489 g/mol. The number of hydrogen-bond donors (Lipinski definition) is 5. The molecule has 0 atom stereocenters. The molecule has 0 aliphatic carbocycles. The maximum Gasteiger partial charge on any atom is 0.488 e. The van der Waals surface area contributed by atoms with Crippen LogP contribution in [-0.2, 0) is 0 Å². The number of aromatic hydroxyl groups is 3. The van der Waals surface area contributed by atoms with Crippen molar-refractivity contribution in [3.8, 4) is 62.9 Å². The molecule has 0 amide bonds. The molecule has 4 aromatic rings. The molecule has 196 valence electrons. The Bertz CT molecular complexity index is 1360. The first kappa shape index (κ1) is 26.7. The molecule has 0 saturated carbocycles. The van der Waals surface area contributed by atoms with E-state index in [1.165, 1.54) is 30.3 Å². The number of aromatic nitrogens is 3. The highest BCUT2D eigenvalue weighted by Gasteiger charge is 2.20. The quantitative estimate of drug-likeness (QED) is 0.198. The summed E-state index contributed by atoms with van der Waals surface area (Å²) in [6.45, 7) is 4.94. The summed E-state index contributed by atoms with van der Waals surface area (Å²) >= 11 is 0. The van der Waals surface area contributed by atoms with E-state index < -0.39 is 7.12 Å². The third-order valence-electron chi connectivity index (χ3n) is 5.56. The molecule has 0 unspecified atom stereocenters. The van der Waals surface area contributed by atoms with Gasteiger partial charge in [0, 0.05) is 12.1 Å². The number of hydrogen-bond acceptors (Lipinski definition) is 10. The molecule has 1 heterocycles. The predicted molar refractivity (Wildman–Crippen MR) is 143 cm³/mol. The number of ether oxygens (including phenoxy) is 2. The van der Waals surface area contributed by atoms with Crippen LogP contribution in [0.1, 0.15) is 26.7 Å². The Labute approximate surface area is 220 Å². The number of phenols is 3. The van der Waals surface area contributed by atoms with Crippen molar-refractivity contribution in [3.05, 3.63) is 54.6 Å². The molecule has 0 aliphatic heterocycles. The van der Waals surface area contributed by atoms with Crippen LogP contribution >= 0.6 is 0 Å². The second kappa shape index (κ2) is 11.8. The maximum absolute atomic E-state index is 10.7. The van der Waals surface area contributed by atoms with Crippen molar-refractivity contribution >= 4 is 12.6 Å². The molecule has 1 aromatic heterocycles. The third-order valence-corrected chi connectivity index (χ3v) is 5.56. The maximum atomic E-state index is 10.7. The normalized spacial score (nSPS) is 10.8. The van der Waals surface area contributed by atoms with E-state index in [-0.39, 0.29) is 56.9 Å². The van der Waals surface area contributed by atoms with Crippen LogP contribution in [-0.4, -0.2) is 60.7 Å². The van der Waals surface area contributed by atoms with Crippen molar-refractivity contribution in [2.45, 2.75) is 26.7 Å². The Morgan fingerprint density at radius 3 is 1.34 bits per heavy atom. The molecule has 0 bridgehead atoms. The Morgan fingerprint density at radius 1 is 0.605 bits per heavy atom. The zero-order valence-electron chi connectivity index (χ0n) is 21.0. The monoisotopic (exact) mass is 517 g/mol. The van der Waals surface area contributed by atoms with E-state index in [9.17, 15) is 25.4 Å². The number of rotatable bonds is 10. The van der Waals surface area contributed by atoms with Gasteiger partial charge < -0.3 is 34.8 Å². The number of benzene rings is 3. The molecule has 0 aliphatic rings. The summed E-state index contributed by atoms with van der Waals surface area (Å²) in [4.78, 5) is 13.4. The molecule has 4 rings (SSSR count). The van der Waals surface area contributed by atoms with Gasteiger partial charge in [0.1, 0.15) is 28.7 Å². The van der Waals surface area contributed by atoms with Gasteiger partial charge in [0.15, 0.2) is 17.5 Å². The zero-order chi connectivity index (χ0) is 27.2. The fourth-order valence-electron chi connectivity index (χ4n) is 3.66. The molecular formula is C27H28BN3O7. The lowest BCUT2D eigenvalue weighted by Gasteiger charge is -2.13. The fraction of sp³-hybridized carbons (Fsp3) is 0.222. The second-order valence-corrected chi connectivity index (χ2v) is 8.51. The first-order chi connectivity index (χ1) is 18.3. The van der Waals surface area contributed by atoms with Crippen LogP contribution in [0.3, 0.4) is 0 Å². The van der Waals surface area contributed by atoms with Crippen LogP contribution in [0.4, 0.5) is 0 Å². The number of phenolic OH excluding ortho intramolecular Hbond substituents is 3. The van der Waals surface area contributed by atoms with Gasteiger partial charge in [-0.3, -0.25) is 0 Å². The highest BCUT2D eigenvalue weighted by molar-refractivity contribution is 6.58. The Balaban J connectivity index is 1.85. The minimum atomic E-state index is -1.77. The van der Waals surface area contributed by atoms with Crippen molar-refractivity contribution in [3.63, 3.8) is 0 Å². The molecule has 38 heavy (non-hydrogen) atoms. The standard InChI is InChI=1S/C27H28BN3O7/c1-3-11-37-17-6-9-20(23(33)14-17)26-29-25(19-8-5-16(28(35)36)13-22(19)32)30-27(31-26)21-10-7-18(15-24(21)34)38-12-4-2/h5-10,13-15,32-36H,3-4,11-12H2,1-2H3. The number of nitrogens with zero attached hydrogens (tertiary/aromatic N) is 3. The summed E-state index contributed by atoms with van der Waals surface area (Å²) in [5.74, 6) is 0.630. The van der Waals surface area contributed by atoms with Gasteiger partial charge in [0.05, 0.1) is 29.9 Å². The molecule has 0 spiro atoms. The van der Waals surface area contributed by atoms with Crippen molar-refractivity contribution < 1.29 is 34.8 Å². The average molecular weight is 517 g/mol. The van der Waals surface area contributed by atoms with Crippen LogP contribution in [0, 0.1) is 0 Å². The summed E-state index contributed by atoms with van der Waals surface area (Å²) in [6, 6.07) is 13.5. The highest BCUT2D eigenvalue weighted by atomic mass is 16.5. The molecule has 11 heteroatoms. The lowest BCUT2D eigenvalue weighted by molar-refractivity contribution is 0.315. The van der Waals surface area contributed by atoms with Gasteiger partial charge in [-0.05, 0) is 54.7 Å². The van der Waals surface area contributed by atoms with E-state index >= 15 is 0 Å². The summed E-state index contributed by atoms with van der Waals surface area (Å²) in [7, 11) is -1.77. The SMILES string of the molecule is CCCOc1ccc(-c2nc(-c3ccc(OCCC)cc3O)nc(-c3ccc(B(O)O)cc3O)n2)c(O)c1. The summed E-state index contributed by atoms with van der Waals surface area (Å²) in [5, 5.41) is 51.0. The van der Waals surface area contributed by atoms with Gasteiger partial charge in [-0.25, -0.2) is 15.0 Å². The van der Waals surface area contributed by atoms with Crippen molar-refractivity contribution in [1.82, 2.24) is 15.0 Å². The summed E-state index contributed by atoms with van der Waals surface area (Å²) in [6.07, 6.45) is 1.62. The summed E-state index contributed by atoms with van der Waals surface area (Å²) in [5.41, 5.74) is 0.830. The van der Waals surface area contributed by atoms with E-state index in [4.69, 9.17) is 9.47 Å². The minimum absolute atomic E-state index is 0.0397. The van der Waals surface area contributed by atoms with Gasteiger partial charge in [0.2, 0.25) is 0 Å². The first-order valence-corrected chi connectivity index (χ1v) is 12.2. The highest BCUT2D eigenvalue weighted by Crippen LogP contribution is 2.36. The lowest BCUT2D eigenvalue weighted by atomic mass is 9.80. The molecule has 0 saturated heterocycles. The Hall–Kier alpha value is -4.35. The average Bonchev–Trinajstić information content (AvgIpc) is 2.90. The van der Waals surface area contributed by atoms with Gasteiger partial charge in [-0.2, -0.15) is 0 Å². The van der Waals surface area contributed by atoms with E-state index in [1.807, 2.05) is 13.8 Å². The first-order valence-electron chi connectivity index (χ1n) is 12.2. The van der Waals surface area contributed by atoms with Gasteiger partial charge in [-0.15, -0.1) is 0 Å². The molecule has 10 nitrogen and oxygen atoms in total. The van der Waals surface area contributed by atoms with Gasteiger partial charge >= 0.3 is 7.12 Å². The van der Waals surface area contributed by atoms with Crippen molar-refractivity contribution in [2.24, 2.45) is 0 Å². The predicted octanol–water partition coefficient (Wildman–Crippen LogP) is 3.25. The van der Waals surface area contributed by atoms with Crippen LogP contribution in [0.2, 0.25) is 0 Å². The van der Waals surface area contributed by atoms with E-state index in [1.54, 1.807) is 24.3 Å². The smallest absolute Gasteiger partial charge is 0.488 e. The van der Waals surface area contributed by atoms with Gasteiger partial charge in [-0.1, -0.05) is 19.9 Å². The molecule has 0 fully saturated rings. The van der Waals surface area contributed by atoms with E-state index in [0.29, 0.717) is 24.7 Å². The zero-order valence-corrected chi connectivity index (χ0v) is 21.0. The Kier molecular flexibility index (Phi) is 8.30. The fourth-order valence-corrected chi connectivity index (χ4v) is 3.66. The second-order valence-electron chi connectivity index (χ2n) is 8.51. The largest absolute Gasteiger partial charge is 0.507 e. The lowest BCUT2D eigenvalue weighted by Crippen LogP contribution is -2.29. The third kappa shape index (κ3) is 5.96. The van der Waals surface area contributed by atoms with E-state index in [2.05, 4.69) is 15.0 Å². The minimum Gasteiger partial charge on any atom is -0.507 e. The van der Waals surface area contributed by atoms with Crippen molar-refractivity contribution in [1.29, 1.82) is 0 Å².